The van der Waals surface area contributed by atoms with Gasteiger partial charge in [0.1, 0.15) is 5.75 Å². The number of nitrogens with one attached hydrogen (secondary N) is 1. The fourth-order valence-electron chi connectivity index (χ4n) is 1.67. The molecule has 0 aromatic carbocycles. The normalized spacial score (nSPS) is 12.3. The summed E-state index contributed by atoms with van der Waals surface area (Å²) < 4.78 is 9.48. The van der Waals surface area contributed by atoms with Gasteiger partial charge >= 0.3 is 0 Å². The molecule has 18 heavy (non-hydrogen) atoms. The van der Waals surface area contributed by atoms with Crippen LogP contribution in [0.25, 0.3) is 0 Å². The van der Waals surface area contributed by atoms with Gasteiger partial charge < -0.3 is 10.1 Å². The summed E-state index contributed by atoms with van der Waals surface area (Å²) in [6, 6.07) is 2.06. The van der Waals surface area contributed by atoms with Crippen molar-refractivity contribution in [3.63, 3.8) is 0 Å². The Morgan fingerprint density at radius 1 is 1.39 bits per heavy atom. The van der Waals surface area contributed by atoms with Crippen molar-refractivity contribution in [1.29, 1.82) is 0 Å². The van der Waals surface area contributed by atoms with Gasteiger partial charge in [0.05, 0.1) is 29.9 Å². The summed E-state index contributed by atoms with van der Waals surface area (Å²) in [4.78, 5) is 5.28. The molecule has 5 nitrogen and oxygen atoms in total. The minimum absolute atomic E-state index is 0.0580. The average molecular weight is 264 g/mol. The van der Waals surface area contributed by atoms with Crippen molar-refractivity contribution in [3.05, 3.63) is 35.1 Å². The molecule has 0 aliphatic carbocycles. The molecule has 2 aromatic rings. The standard InChI is InChI=1S/C12H16N4OS/c1-3-4-17-10-5-9(6-14-7-10)12(13-2)11-8-15-16-18-11/h5-8,12-13H,3-4H2,1-2H3. The highest BCUT2D eigenvalue weighted by Gasteiger charge is 2.15. The molecular formula is C12H16N4OS. The summed E-state index contributed by atoms with van der Waals surface area (Å²) in [6.07, 6.45) is 6.32. The number of nitrogens with zero attached hydrogens (tertiary/aromatic N) is 3. The number of pyridine rings is 1. The quantitative estimate of drug-likeness (QED) is 0.865. The maximum absolute atomic E-state index is 5.59. The van der Waals surface area contributed by atoms with Crippen LogP contribution in [0.2, 0.25) is 0 Å². The smallest absolute Gasteiger partial charge is 0.137 e. The molecule has 0 aliphatic rings. The minimum Gasteiger partial charge on any atom is -0.492 e. The molecule has 0 saturated heterocycles. The predicted octanol–water partition coefficient (Wildman–Crippen LogP) is 2.03. The van der Waals surface area contributed by atoms with E-state index in [9.17, 15) is 0 Å². The molecule has 0 bridgehead atoms. The third-order valence-electron chi connectivity index (χ3n) is 2.49. The Labute approximate surface area is 110 Å². The molecule has 1 atom stereocenters. The fourth-order valence-corrected chi connectivity index (χ4v) is 2.31. The van der Waals surface area contributed by atoms with Crippen molar-refractivity contribution in [1.82, 2.24) is 19.9 Å². The van der Waals surface area contributed by atoms with Crippen LogP contribution >= 0.6 is 11.5 Å². The minimum atomic E-state index is 0.0580. The van der Waals surface area contributed by atoms with Crippen LogP contribution in [0.1, 0.15) is 29.8 Å². The van der Waals surface area contributed by atoms with E-state index < -0.39 is 0 Å². The molecule has 0 aliphatic heterocycles. The van der Waals surface area contributed by atoms with Crippen LogP contribution in [0, 0.1) is 0 Å². The number of aromatic nitrogens is 3. The molecule has 6 heteroatoms. The molecular weight excluding hydrogens is 248 g/mol. The van der Waals surface area contributed by atoms with E-state index in [1.54, 1.807) is 12.4 Å². The Morgan fingerprint density at radius 2 is 2.28 bits per heavy atom. The molecule has 0 spiro atoms. The molecule has 0 radical (unpaired) electrons. The van der Waals surface area contributed by atoms with E-state index in [0.717, 1.165) is 22.6 Å². The first kappa shape index (κ1) is 12.9. The van der Waals surface area contributed by atoms with Crippen molar-refractivity contribution in [2.75, 3.05) is 13.7 Å². The molecule has 0 saturated carbocycles. The maximum Gasteiger partial charge on any atom is 0.137 e. The van der Waals surface area contributed by atoms with E-state index in [1.165, 1.54) is 11.5 Å². The van der Waals surface area contributed by atoms with E-state index in [0.29, 0.717) is 6.61 Å². The Hall–Kier alpha value is -1.53. The second-order valence-electron chi connectivity index (χ2n) is 3.84. The highest BCUT2D eigenvalue weighted by molar-refractivity contribution is 7.05. The van der Waals surface area contributed by atoms with Crippen LogP contribution < -0.4 is 10.1 Å². The van der Waals surface area contributed by atoms with Crippen molar-refractivity contribution in [3.8, 4) is 5.75 Å². The molecule has 1 N–H and O–H groups in total. The van der Waals surface area contributed by atoms with Crippen LogP contribution in [0.4, 0.5) is 0 Å². The van der Waals surface area contributed by atoms with Gasteiger partial charge in [0, 0.05) is 6.20 Å². The largest absolute Gasteiger partial charge is 0.492 e. The molecule has 1 unspecified atom stereocenters. The first-order chi connectivity index (χ1) is 8.85. The first-order valence-electron chi connectivity index (χ1n) is 5.87. The van der Waals surface area contributed by atoms with Crippen molar-refractivity contribution in [2.45, 2.75) is 19.4 Å². The molecule has 2 aromatic heterocycles. The molecule has 2 heterocycles. The molecule has 0 fully saturated rings. The highest BCUT2D eigenvalue weighted by Crippen LogP contribution is 2.25. The van der Waals surface area contributed by atoms with Crippen LogP contribution in [-0.4, -0.2) is 28.2 Å². The summed E-state index contributed by atoms with van der Waals surface area (Å²) in [7, 11) is 1.91. The van der Waals surface area contributed by atoms with Gasteiger partial charge in [-0.3, -0.25) is 4.98 Å². The van der Waals surface area contributed by atoms with Gasteiger partial charge in [-0.1, -0.05) is 11.4 Å². The van der Waals surface area contributed by atoms with Gasteiger partial charge in [0.2, 0.25) is 0 Å². The fraction of sp³-hybridized carbons (Fsp3) is 0.417. The summed E-state index contributed by atoms with van der Waals surface area (Å²) in [5.41, 5.74) is 1.05. The maximum atomic E-state index is 5.59. The van der Waals surface area contributed by atoms with E-state index in [2.05, 4.69) is 26.8 Å². The Bertz CT molecular complexity index is 475. The van der Waals surface area contributed by atoms with Crippen molar-refractivity contribution >= 4 is 11.5 Å². The number of ether oxygens (including phenoxy) is 1. The second kappa shape index (κ2) is 6.42. The summed E-state index contributed by atoms with van der Waals surface area (Å²) >= 11 is 1.38. The van der Waals surface area contributed by atoms with Crippen LogP contribution in [-0.2, 0) is 0 Å². The average Bonchev–Trinajstić information content (AvgIpc) is 2.92. The Balaban J connectivity index is 2.20. The van der Waals surface area contributed by atoms with Crippen LogP contribution in [0.5, 0.6) is 5.75 Å². The number of rotatable bonds is 6. The lowest BCUT2D eigenvalue weighted by Gasteiger charge is -2.14. The third-order valence-corrected chi connectivity index (χ3v) is 3.22. The van der Waals surface area contributed by atoms with Gasteiger partial charge in [-0.05, 0) is 36.6 Å². The zero-order valence-corrected chi connectivity index (χ0v) is 11.3. The monoisotopic (exact) mass is 264 g/mol. The summed E-state index contributed by atoms with van der Waals surface area (Å²) in [5, 5.41) is 7.10. The molecule has 2 rings (SSSR count). The molecule has 96 valence electrons. The Kier molecular flexibility index (Phi) is 4.60. The van der Waals surface area contributed by atoms with E-state index in [-0.39, 0.29) is 6.04 Å². The van der Waals surface area contributed by atoms with E-state index in [1.807, 2.05) is 19.3 Å². The van der Waals surface area contributed by atoms with Gasteiger partial charge in [-0.25, -0.2) is 0 Å². The highest BCUT2D eigenvalue weighted by atomic mass is 32.1. The van der Waals surface area contributed by atoms with Gasteiger partial charge in [-0.15, -0.1) is 5.10 Å². The zero-order chi connectivity index (χ0) is 12.8. The van der Waals surface area contributed by atoms with Gasteiger partial charge in [-0.2, -0.15) is 0 Å². The summed E-state index contributed by atoms with van der Waals surface area (Å²) in [5.74, 6) is 0.798. The lowest BCUT2D eigenvalue weighted by Crippen LogP contribution is -2.16. The topological polar surface area (TPSA) is 59.9 Å². The predicted molar refractivity (Wildman–Crippen MR) is 70.8 cm³/mol. The third kappa shape index (κ3) is 3.02. The zero-order valence-electron chi connectivity index (χ0n) is 10.5. The number of hydrogen-bond donors (Lipinski definition) is 1. The molecule has 0 amide bonds. The lowest BCUT2D eigenvalue weighted by molar-refractivity contribution is 0.315. The van der Waals surface area contributed by atoms with Gasteiger partial charge in [0.15, 0.2) is 0 Å². The van der Waals surface area contributed by atoms with Crippen molar-refractivity contribution < 1.29 is 4.74 Å². The van der Waals surface area contributed by atoms with Crippen molar-refractivity contribution in [2.24, 2.45) is 0 Å². The van der Waals surface area contributed by atoms with Crippen LogP contribution in [0.15, 0.2) is 24.7 Å². The Morgan fingerprint density at radius 3 is 2.94 bits per heavy atom. The lowest BCUT2D eigenvalue weighted by atomic mass is 10.1. The van der Waals surface area contributed by atoms with E-state index >= 15 is 0 Å². The second-order valence-corrected chi connectivity index (χ2v) is 4.66. The van der Waals surface area contributed by atoms with Gasteiger partial charge in [0.25, 0.3) is 0 Å². The number of hydrogen-bond acceptors (Lipinski definition) is 6. The first-order valence-corrected chi connectivity index (χ1v) is 6.64. The SMILES string of the molecule is CCCOc1cncc(C(NC)c2cnns2)c1. The van der Waals surface area contributed by atoms with Crippen LogP contribution in [0.3, 0.4) is 0 Å². The van der Waals surface area contributed by atoms with E-state index in [4.69, 9.17) is 4.74 Å². The summed E-state index contributed by atoms with van der Waals surface area (Å²) in [6.45, 7) is 2.79.